The van der Waals surface area contributed by atoms with E-state index in [9.17, 15) is 19.1 Å². The van der Waals surface area contributed by atoms with Gasteiger partial charge in [0.15, 0.2) is 0 Å². The van der Waals surface area contributed by atoms with E-state index >= 15 is 0 Å². The first kappa shape index (κ1) is 24.1. The fraction of sp³-hybridized carbons (Fsp3) is 0.609. The van der Waals surface area contributed by atoms with Crippen molar-refractivity contribution >= 4 is 18.3 Å². The molecule has 3 heterocycles. The van der Waals surface area contributed by atoms with Crippen molar-refractivity contribution in [3.63, 3.8) is 0 Å². The van der Waals surface area contributed by atoms with Gasteiger partial charge in [0.1, 0.15) is 11.9 Å². The second kappa shape index (κ2) is 10.4. The molecule has 0 aliphatic carbocycles. The molecule has 1 atom stereocenters. The van der Waals surface area contributed by atoms with Crippen LogP contribution in [-0.4, -0.2) is 83.3 Å². The number of nitrogens with zero attached hydrogens (tertiary/aromatic N) is 2. The maximum absolute atomic E-state index is 14.2. The Hall–Kier alpha value is -2.52. The van der Waals surface area contributed by atoms with Crippen molar-refractivity contribution in [2.24, 2.45) is 5.41 Å². The lowest BCUT2D eigenvalue weighted by Gasteiger charge is -2.36. The van der Waals surface area contributed by atoms with Crippen LogP contribution in [0, 0.1) is 18.2 Å². The highest BCUT2D eigenvalue weighted by Gasteiger charge is 2.51. The van der Waals surface area contributed by atoms with E-state index in [4.69, 9.17) is 14.6 Å². The number of hydrogen-bond donors (Lipinski definition) is 2. The number of hydrogen-bond acceptors (Lipinski definition) is 6. The van der Waals surface area contributed by atoms with Crippen molar-refractivity contribution < 1.29 is 33.7 Å². The predicted octanol–water partition coefficient (Wildman–Crippen LogP) is 1.83. The highest BCUT2D eigenvalue weighted by molar-refractivity contribution is 5.94. The summed E-state index contributed by atoms with van der Waals surface area (Å²) in [4.78, 5) is 37.6. The molecule has 3 aliphatic heterocycles. The van der Waals surface area contributed by atoms with Gasteiger partial charge in [-0.1, -0.05) is 6.07 Å². The molecule has 176 valence electrons. The number of rotatable bonds is 3. The zero-order valence-corrected chi connectivity index (χ0v) is 18.3. The number of aliphatic hydroxyl groups excluding tert-OH is 1. The van der Waals surface area contributed by atoms with E-state index in [2.05, 4.69) is 4.90 Å². The predicted molar refractivity (Wildman–Crippen MR) is 114 cm³/mol. The van der Waals surface area contributed by atoms with Gasteiger partial charge in [-0.15, -0.1) is 0 Å². The molecule has 9 heteroatoms. The number of aryl methyl sites for hydroxylation is 1. The van der Waals surface area contributed by atoms with E-state index in [0.29, 0.717) is 38.9 Å². The zero-order valence-electron chi connectivity index (χ0n) is 18.3. The summed E-state index contributed by atoms with van der Waals surface area (Å²) in [7, 11) is 0. The Bertz CT molecular complexity index is 832. The lowest BCUT2D eigenvalue weighted by Crippen LogP contribution is -2.45. The first-order chi connectivity index (χ1) is 15.3. The SMILES string of the molecule is Cc1ccc(C(=O)N2CCC3(CC2)CC(CN2CCC(O)CC2)OC3=O)c(F)c1.O=CO. The third-order valence-electron chi connectivity index (χ3n) is 6.71. The normalized spacial score (nSPS) is 23.4. The van der Waals surface area contributed by atoms with Crippen molar-refractivity contribution in [3.05, 3.63) is 35.1 Å². The topological polar surface area (TPSA) is 107 Å². The molecule has 3 fully saturated rings. The summed E-state index contributed by atoms with van der Waals surface area (Å²) in [5, 5.41) is 16.5. The van der Waals surface area contributed by atoms with Gasteiger partial charge in [-0.3, -0.25) is 19.3 Å². The van der Waals surface area contributed by atoms with Crippen LogP contribution in [-0.2, 0) is 14.3 Å². The van der Waals surface area contributed by atoms with E-state index in [1.54, 1.807) is 17.9 Å². The van der Waals surface area contributed by atoms with Crippen molar-refractivity contribution in [1.29, 1.82) is 0 Å². The second-order valence-corrected chi connectivity index (χ2v) is 8.92. The minimum absolute atomic E-state index is 0.0886. The molecule has 32 heavy (non-hydrogen) atoms. The van der Waals surface area contributed by atoms with E-state index in [0.717, 1.165) is 31.5 Å². The molecule has 0 saturated carbocycles. The number of carboxylic acid groups (broad SMARTS) is 1. The standard InChI is InChI=1S/C22H29FN2O4.CH2O2/c1-15-2-3-18(19(23)12-15)20(27)25-10-6-22(7-11-25)13-17(29-21(22)28)14-24-8-4-16(26)5-9-24;2-1-3/h2-3,12,16-17,26H,4-11,13-14H2,1H3;1H,(H,2,3). The number of esters is 1. The molecule has 1 spiro atoms. The minimum Gasteiger partial charge on any atom is -0.483 e. The summed E-state index contributed by atoms with van der Waals surface area (Å²) in [6, 6.07) is 4.64. The Morgan fingerprint density at radius 3 is 2.47 bits per heavy atom. The average Bonchev–Trinajstić information content (AvgIpc) is 3.05. The number of amides is 1. The van der Waals surface area contributed by atoms with Crippen molar-refractivity contribution in [1.82, 2.24) is 9.80 Å². The lowest BCUT2D eigenvalue weighted by atomic mass is 9.76. The molecule has 1 aromatic rings. The molecule has 0 aromatic heterocycles. The van der Waals surface area contributed by atoms with Crippen LogP contribution in [0.2, 0.25) is 0 Å². The van der Waals surface area contributed by atoms with Crippen LogP contribution in [0.1, 0.15) is 48.0 Å². The van der Waals surface area contributed by atoms with Gasteiger partial charge in [-0.2, -0.15) is 0 Å². The molecule has 2 N–H and O–H groups in total. The van der Waals surface area contributed by atoms with Crippen LogP contribution in [0.5, 0.6) is 0 Å². The Labute approximate surface area is 186 Å². The van der Waals surface area contributed by atoms with Gasteiger partial charge < -0.3 is 19.8 Å². The zero-order chi connectivity index (χ0) is 23.3. The third kappa shape index (κ3) is 5.45. The summed E-state index contributed by atoms with van der Waals surface area (Å²) in [6.45, 7) is 4.76. The Kier molecular flexibility index (Phi) is 7.84. The van der Waals surface area contributed by atoms with Gasteiger partial charge in [0.05, 0.1) is 17.1 Å². The number of carbonyl (C=O) groups is 3. The molecule has 1 amide bonds. The number of halogens is 1. The fourth-order valence-corrected chi connectivity index (χ4v) is 4.84. The highest BCUT2D eigenvalue weighted by Crippen LogP contribution is 2.43. The highest BCUT2D eigenvalue weighted by atomic mass is 19.1. The smallest absolute Gasteiger partial charge is 0.312 e. The third-order valence-corrected chi connectivity index (χ3v) is 6.71. The molecule has 3 aliphatic rings. The number of carbonyl (C=O) groups excluding carboxylic acids is 2. The van der Waals surface area contributed by atoms with Gasteiger partial charge in [0.2, 0.25) is 0 Å². The number of piperidine rings is 2. The summed E-state index contributed by atoms with van der Waals surface area (Å²) < 4.78 is 19.9. The van der Waals surface area contributed by atoms with Gasteiger partial charge in [0, 0.05) is 39.1 Å². The molecule has 1 aromatic carbocycles. The van der Waals surface area contributed by atoms with Crippen LogP contribution in [0.25, 0.3) is 0 Å². The molecule has 0 bridgehead atoms. The number of ether oxygens (including phenoxy) is 1. The van der Waals surface area contributed by atoms with Gasteiger partial charge in [-0.05, 0) is 50.3 Å². The van der Waals surface area contributed by atoms with Crippen LogP contribution < -0.4 is 0 Å². The molecule has 8 nitrogen and oxygen atoms in total. The van der Waals surface area contributed by atoms with Crippen LogP contribution >= 0.6 is 0 Å². The largest absolute Gasteiger partial charge is 0.483 e. The fourth-order valence-electron chi connectivity index (χ4n) is 4.84. The van der Waals surface area contributed by atoms with E-state index in [1.165, 1.54) is 12.1 Å². The number of likely N-dealkylation sites (tertiary alicyclic amines) is 2. The monoisotopic (exact) mass is 450 g/mol. The maximum Gasteiger partial charge on any atom is 0.312 e. The molecule has 4 rings (SSSR count). The number of aliphatic hydroxyl groups is 1. The van der Waals surface area contributed by atoms with Gasteiger partial charge in [0.25, 0.3) is 12.4 Å². The van der Waals surface area contributed by atoms with Crippen molar-refractivity contribution in [2.75, 3.05) is 32.7 Å². The van der Waals surface area contributed by atoms with Crippen molar-refractivity contribution in [2.45, 2.75) is 51.2 Å². The van der Waals surface area contributed by atoms with Crippen molar-refractivity contribution in [3.8, 4) is 0 Å². The summed E-state index contributed by atoms with van der Waals surface area (Å²) >= 11 is 0. The number of cyclic esters (lactones) is 1. The minimum atomic E-state index is -0.525. The number of benzene rings is 1. The molecule has 0 radical (unpaired) electrons. The Balaban J connectivity index is 0.000000913. The quantitative estimate of drug-likeness (QED) is 0.534. The van der Waals surface area contributed by atoms with Crippen LogP contribution in [0.15, 0.2) is 18.2 Å². The molecule has 3 saturated heterocycles. The second-order valence-electron chi connectivity index (χ2n) is 8.92. The molecule has 1 unspecified atom stereocenters. The lowest BCUT2D eigenvalue weighted by molar-refractivity contribution is -0.151. The summed E-state index contributed by atoms with van der Waals surface area (Å²) in [5.41, 5.74) is 0.341. The molecular weight excluding hydrogens is 419 g/mol. The Morgan fingerprint density at radius 1 is 1.25 bits per heavy atom. The Morgan fingerprint density at radius 2 is 1.88 bits per heavy atom. The van der Waals surface area contributed by atoms with Gasteiger partial charge >= 0.3 is 5.97 Å². The van der Waals surface area contributed by atoms with E-state index in [-0.39, 0.29) is 36.1 Å². The summed E-state index contributed by atoms with van der Waals surface area (Å²) in [6.07, 6.45) is 2.96. The van der Waals surface area contributed by atoms with E-state index in [1.807, 2.05) is 0 Å². The van der Waals surface area contributed by atoms with Crippen LogP contribution in [0.3, 0.4) is 0 Å². The summed E-state index contributed by atoms with van der Waals surface area (Å²) in [5.74, 6) is -0.970. The van der Waals surface area contributed by atoms with Gasteiger partial charge in [-0.25, -0.2) is 4.39 Å². The first-order valence-electron chi connectivity index (χ1n) is 11.0. The maximum atomic E-state index is 14.2. The van der Waals surface area contributed by atoms with E-state index < -0.39 is 11.2 Å². The van der Waals surface area contributed by atoms with Crippen LogP contribution in [0.4, 0.5) is 4.39 Å². The molecular formula is C23H31FN2O6. The average molecular weight is 451 g/mol. The first-order valence-corrected chi connectivity index (χ1v) is 11.0.